The van der Waals surface area contributed by atoms with Gasteiger partial charge in [0.15, 0.2) is 23.1 Å². The third-order valence-electron chi connectivity index (χ3n) is 3.22. The highest BCUT2D eigenvalue weighted by molar-refractivity contribution is 5.43. The molecule has 0 fully saturated rings. The highest BCUT2D eigenvalue weighted by Crippen LogP contribution is 2.29. The Morgan fingerprint density at radius 2 is 1.64 bits per heavy atom. The second kappa shape index (κ2) is 7.50. The lowest BCUT2D eigenvalue weighted by molar-refractivity contribution is 0.283. The topological polar surface area (TPSA) is 27.7 Å². The number of hydrogen-bond donors (Lipinski definition) is 0. The molecule has 0 unspecified atom stereocenters. The molecule has 0 heterocycles. The summed E-state index contributed by atoms with van der Waals surface area (Å²) in [7, 11) is 3.02. The zero-order valence-corrected chi connectivity index (χ0v) is 12.8. The molecule has 2 aromatic rings. The molecule has 0 aliphatic rings. The molecule has 0 bridgehead atoms. The smallest absolute Gasteiger partial charge is 0.165 e. The van der Waals surface area contributed by atoms with Crippen molar-refractivity contribution in [2.24, 2.45) is 0 Å². The first kappa shape index (κ1) is 15.9. The van der Waals surface area contributed by atoms with Crippen LogP contribution in [0.2, 0.25) is 0 Å². The number of ether oxygens (including phenoxy) is 3. The Bertz CT molecular complexity index is 653. The molecular weight excluding hydrogens is 283 g/mol. The summed E-state index contributed by atoms with van der Waals surface area (Å²) in [5.41, 5.74) is 1.81. The fourth-order valence-electron chi connectivity index (χ4n) is 2.09. The zero-order valence-electron chi connectivity index (χ0n) is 12.8. The van der Waals surface area contributed by atoms with E-state index in [1.165, 1.54) is 13.2 Å². The fraction of sp³-hybridized carbons (Fsp3) is 0.222. The summed E-state index contributed by atoms with van der Waals surface area (Å²) in [6.45, 7) is 3.96. The van der Waals surface area contributed by atoms with Crippen molar-refractivity contribution in [3.8, 4) is 17.2 Å². The summed E-state index contributed by atoms with van der Waals surface area (Å²) < 4.78 is 29.6. The highest BCUT2D eigenvalue weighted by Gasteiger charge is 2.08. The molecule has 116 valence electrons. The maximum Gasteiger partial charge on any atom is 0.165 e. The molecule has 0 aromatic heterocycles. The zero-order chi connectivity index (χ0) is 15.9. The van der Waals surface area contributed by atoms with Crippen molar-refractivity contribution in [1.29, 1.82) is 0 Å². The van der Waals surface area contributed by atoms with E-state index in [1.54, 1.807) is 19.2 Å². The van der Waals surface area contributed by atoms with Crippen molar-refractivity contribution >= 4 is 0 Å². The summed E-state index contributed by atoms with van der Waals surface area (Å²) in [4.78, 5) is 0. The lowest BCUT2D eigenvalue weighted by Crippen LogP contribution is -1.99. The monoisotopic (exact) mass is 302 g/mol. The van der Waals surface area contributed by atoms with Crippen molar-refractivity contribution in [2.45, 2.75) is 13.0 Å². The van der Waals surface area contributed by atoms with Gasteiger partial charge in [-0.05, 0) is 41.8 Å². The van der Waals surface area contributed by atoms with E-state index in [0.29, 0.717) is 11.5 Å². The molecule has 22 heavy (non-hydrogen) atoms. The number of rotatable bonds is 7. The van der Waals surface area contributed by atoms with Crippen LogP contribution in [-0.2, 0) is 13.0 Å². The van der Waals surface area contributed by atoms with Gasteiger partial charge in [0.1, 0.15) is 6.61 Å². The average molecular weight is 302 g/mol. The van der Waals surface area contributed by atoms with Crippen LogP contribution >= 0.6 is 0 Å². The van der Waals surface area contributed by atoms with Gasteiger partial charge in [-0.2, -0.15) is 0 Å². The largest absolute Gasteiger partial charge is 0.494 e. The Morgan fingerprint density at radius 3 is 2.27 bits per heavy atom. The Hall–Kier alpha value is -2.49. The second-order valence-electron chi connectivity index (χ2n) is 4.74. The predicted octanol–water partition coefficient (Wildman–Crippen LogP) is 4.15. The van der Waals surface area contributed by atoms with Gasteiger partial charge in [-0.25, -0.2) is 4.39 Å². The molecule has 2 rings (SSSR count). The van der Waals surface area contributed by atoms with Crippen LogP contribution in [0.1, 0.15) is 11.1 Å². The minimum absolute atomic E-state index is 0.218. The molecule has 0 spiro atoms. The molecule has 0 saturated carbocycles. The normalized spacial score (nSPS) is 10.1. The van der Waals surface area contributed by atoms with Gasteiger partial charge in [0, 0.05) is 0 Å². The predicted molar refractivity (Wildman–Crippen MR) is 84.2 cm³/mol. The van der Waals surface area contributed by atoms with Crippen molar-refractivity contribution in [2.75, 3.05) is 14.2 Å². The van der Waals surface area contributed by atoms with E-state index in [1.807, 2.05) is 24.3 Å². The SMILES string of the molecule is C=CCc1ccc(OCc2ccc(OC)c(F)c2)c(OC)c1. The molecule has 0 amide bonds. The van der Waals surface area contributed by atoms with Gasteiger partial charge in [-0.1, -0.05) is 18.2 Å². The molecule has 0 aliphatic carbocycles. The van der Waals surface area contributed by atoms with E-state index in [2.05, 4.69) is 6.58 Å². The first-order valence-electron chi connectivity index (χ1n) is 6.91. The van der Waals surface area contributed by atoms with Crippen LogP contribution < -0.4 is 14.2 Å². The fourth-order valence-corrected chi connectivity index (χ4v) is 2.09. The lowest BCUT2D eigenvalue weighted by Gasteiger charge is -2.12. The van der Waals surface area contributed by atoms with E-state index in [-0.39, 0.29) is 12.4 Å². The molecule has 4 heteroatoms. The maximum atomic E-state index is 13.6. The Labute approximate surface area is 129 Å². The number of halogens is 1. The minimum Gasteiger partial charge on any atom is -0.494 e. The van der Waals surface area contributed by atoms with Crippen molar-refractivity contribution in [1.82, 2.24) is 0 Å². The summed E-state index contributed by atoms with van der Waals surface area (Å²) in [6, 6.07) is 10.5. The van der Waals surface area contributed by atoms with Crippen LogP contribution in [0.25, 0.3) is 0 Å². The third kappa shape index (κ3) is 3.79. The summed E-state index contributed by atoms with van der Waals surface area (Å²) >= 11 is 0. The van der Waals surface area contributed by atoms with Gasteiger partial charge in [0.25, 0.3) is 0 Å². The Balaban J connectivity index is 2.10. The van der Waals surface area contributed by atoms with Crippen molar-refractivity contribution < 1.29 is 18.6 Å². The minimum atomic E-state index is -0.406. The summed E-state index contributed by atoms with van der Waals surface area (Å²) in [5, 5.41) is 0. The van der Waals surface area contributed by atoms with Crippen LogP contribution in [0, 0.1) is 5.82 Å². The van der Waals surface area contributed by atoms with Crippen LogP contribution in [0.15, 0.2) is 49.1 Å². The van der Waals surface area contributed by atoms with E-state index in [9.17, 15) is 4.39 Å². The number of hydrogen-bond acceptors (Lipinski definition) is 3. The first-order valence-corrected chi connectivity index (χ1v) is 6.91. The number of benzene rings is 2. The standard InChI is InChI=1S/C18H19FO3/c1-4-5-13-6-9-17(18(11-13)21-3)22-12-14-7-8-16(20-2)15(19)10-14/h4,6-11H,1,5,12H2,2-3H3. The van der Waals surface area contributed by atoms with E-state index in [0.717, 1.165) is 17.5 Å². The van der Waals surface area contributed by atoms with Gasteiger partial charge in [-0.15, -0.1) is 6.58 Å². The lowest BCUT2D eigenvalue weighted by atomic mass is 10.1. The molecule has 2 aromatic carbocycles. The maximum absolute atomic E-state index is 13.6. The summed E-state index contributed by atoms with van der Waals surface area (Å²) in [5.74, 6) is 1.08. The molecular formula is C18H19FO3. The van der Waals surface area contributed by atoms with Crippen molar-refractivity contribution in [3.63, 3.8) is 0 Å². The van der Waals surface area contributed by atoms with E-state index in [4.69, 9.17) is 14.2 Å². The van der Waals surface area contributed by atoms with Gasteiger partial charge in [0.05, 0.1) is 14.2 Å². The second-order valence-corrected chi connectivity index (χ2v) is 4.74. The summed E-state index contributed by atoms with van der Waals surface area (Å²) in [6.07, 6.45) is 2.59. The van der Waals surface area contributed by atoms with Gasteiger partial charge >= 0.3 is 0 Å². The van der Waals surface area contributed by atoms with Crippen LogP contribution in [0.3, 0.4) is 0 Å². The van der Waals surface area contributed by atoms with Crippen LogP contribution in [0.4, 0.5) is 4.39 Å². The Kier molecular flexibility index (Phi) is 5.42. The van der Waals surface area contributed by atoms with Gasteiger partial charge in [-0.3, -0.25) is 0 Å². The number of methoxy groups -OCH3 is 2. The Morgan fingerprint density at radius 1 is 0.955 bits per heavy atom. The van der Waals surface area contributed by atoms with Crippen molar-refractivity contribution in [3.05, 3.63) is 66.0 Å². The third-order valence-corrected chi connectivity index (χ3v) is 3.22. The quantitative estimate of drug-likeness (QED) is 0.719. The van der Waals surface area contributed by atoms with Gasteiger partial charge in [0.2, 0.25) is 0 Å². The van der Waals surface area contributed by atoms with E-state index < -0.39 is 5.82 Å². The van der Waals surface area contributed by atoms with Gasteiger partial charge < -0.3 is 14.2 Å². The number of allylic oxidation sites excluding steroid dienone is 1. The first-order chi connectivity index (χ1) is 10.7. The average Bonchev–Trinajstić information content (AvgIpc) is 2.54. The molecule has 0 N–H and O–H groups in total. The van der Waals surface area contributed by atoms with E-state index >= 15 is 0 Å². The van der Waals surface area contributed by atoms with Crippen LogP contribution in [0.5, 0.6) is 17.2 Å². The molecule has 0 atom stereocenters. The molecule has 0 aliphatic heterocycles. The highest BCUT2D eigenvalue weighted by atomic mass is 19.1. The van der Waals surface area contributed by atoms with Crippen LogP contribution in [-0.4, -0.2) is 14.2 Å². The molecule has 3 nitrogen and oxygen atoms in total. The molecule has 0 radical (unpaired) electrons. The molecule has 0 saturated heterocycles.